The molecule has 15 heavy (non-hydrogen) atoms. The highest BCUT2D eigenvalue weighted by Gasteiger charge is 2.04. The lowest BCUT2D eigenvalue weighted by Gasteiger charge is -2.00. The summed E-state index contributed by atoms with van der Waals surface area (Å²) in [6.45, 7) is 0. The van der Waals surface area contributed by atoms with E-state index in [1.807, 2.05) is 30.5 Å². The Balaban J connectivity index is 2.25. The zero-order chi connectivity index (χ0) is 10.3. The van der Waals surface area contributed by atoms with Crippen LogP contribution in [0.4, 0.5) is 5.82 Å². The van der Waals surface area contributed by atoms with Gasteiger partial charge in [0.2, 0.25) is 0 Å². The second-order valence-corrected chi connectivity index (χ2v) is 4.00. The van der Waals surface area contributed by atoms with Gasteiger partial charge in [0.05, 0.1) is 10.4 Å². The van der Waals surface area contributed by atoms with Crippen LogP contribution in [-0.2, 0) is 0 Å². The summed E-state index contributed by atoms with van der Waals surface area (Å²) in [5.74, 6) is 0.587. The van der Waals surface area contributed by atoms with Crippen molar-refractivity contribution >= 4 is 27.4 Å². The van der Waals surface area contributed by atoms with Gasteiger partial charge in [0.25, 0.3) is 0 Å². The molecule has 0 saturated heterocycles. The summed E-state index contributed by atoms with van der Waals surface area (Å²) in [6.07, 6.45) is 3.65. The van der Waals surface area contributed by atoms with Crippen LogP contribution in [-0.4, -0.2) is 14.2 Å². The lowest BCUT2D eigenvalue weighted by atomic mass is 10.2. The predicted octanol–water partition coefficient (Wildman–Crippen LogP) is 2.06. The molecule has 0 spiro atoms. The minimum absolute atomic E-state index is 0.587. The van der Waals surface area contributed by atoms with Crippen LogP contribution >= 0.6 is 11.5 Å². The van der Waals surface area contributed by atoms with Crippen molar-refractivity contribution in [2.24, 2.45) is 0 Å². The Bertz CT molecular complexity index is 597. The Morgan fingerprint density at radius 3 is 3.07 bits per heavy atom. The molecule has 5 heteroatoms. The molecule has 0 fully saturated rings. The number of hydrogen-bond acceptors (Lipinski definition) is 4. The van der Waals surface area contributed by atoms with E-state index in [0.29, 0.717) is 5.82 Å². The van der Waals surface area contributed by atoms with E-state index in [0.717, 1.165) is 15.8 Å². The van der Waals surface area contributed by atoms with E-state index >= 15 is 0 Å². The van der Waals surface area contributed by atoms with Crippen LogP contribution < -0.4 is 5.73 Å². The Kier molecular flexibility index (Phi) is 1.72. The van der Waals surface area contributed by atoms with Crippen LogP contribution in [0.15, 0.2) is 36.7 Å². The van der Waals surface area contributed by atoms with Gasteiger partial charge in [0, 0.05) is 17.8 Å². The fourth-order valence-corrected chi connectivity index (χ4v) is 2.20. The van der Waals surface area contributed by atoms with E-state index in [1.165, 1.54) is 11.5 Å². The summed E-state index contributed by atoms with van der Waals surface area (Å²) in [6, 6.07) is 7.91. The smallest absolute Gasteiger partial charge is 0.145 e. The van der Waals surface area contributed by atoms with Crippen LogP contribution in [0.5, 0.6) is 0 Å². The van der Waals surface area contributed by atoms with Crippen molar-refractivity contribution in [3.8, 4) is 5.69 Å². The number of rotatable bonds is 1. The highest BCUT2D eigenvalue weighted by molar-refractivity contribution is 7.13. The maximum atomic E-state index is 5.77. The van der Waals surface area contributed by atoms with E-state index < -0.39 is 0 Å². The van der Waals surface area contributed by atoms with Crippen LogP contribution in [0.3, 0.4) is 0 Å². The van der Waals surface area contributed by atoms with Crippen molar-refractivity contribution < 1.29 is 0 Å². The van der Waals surface area contributed by atoms with E-state index in [2.05, 4.69) is 9.47 Å². The minimum Gasteiger partial charge on any atom is -0.382 e. The first-order valence-corrected chi connectivity index (χ1v) is 5.27. The number of benzene rings is 1. The molecule has 0 atom stereocenters. The Morgan fingerprint density at radius 2 is 2.27 bits per heavy atom. The standard InChI is InChI=1S/C10H8N4S/c11-10-8-6-7(14-5-1-4-12-14)2-3-9(8)15-13-10/h1-6H,(H2,11,13). The monoisotopic (exact) mass is 216 g/mol. The molecule has 2 aromatic heterocycles. The van der Waals surface area contributed by atoms with Gasteiger partial charge < -0.3 is 5.73 Å². The number of nitrogens with zero attached hydrogens (tertiary/aromatic N) is 3. The molecule has 0 bridgehead atoms. The number of nitrogens with two attached hydrogens (primary N) is 1. The van der Waals surface area contributed by atoms with Gasteiger partial charge in [-0.3, -0.25) is 0 Å². The summed E-state index contributed by atoms with van der Waals surface area (Å²) in [4.78, 5) is 0. The third-order valence-corrected chi connectivity index (χ3v) is 3.09. The molecule has 0 unspecified atom stereocenters. The van der Waals surface area contributed by atoms with E-state index in [4.69, 9.17) is 5.73 Å². The predicted molar refractivity (Wildman–Crippen MR) is 61.2 cm³/mol. The van der Waals surface area contributed by atoms with Crippen molar-refractivity contribution in [2.45, 2.75) is 0 Å². The van der Waals surface area contributed by atoms with Crippen LogP contribution in [0.1, 0.15) is 0 Å². The molecule has 2 N–H and O–H groups in total. The summed E-state index contributed by atoms with van der Waals surface area (Å²) < 4.78 is 7.01. The van der Waals surface area contributed by atoms with Gasteiger partial charge in [-0.1, -0.05) is 0 Å². The molecule has 0 radical (unpaired) electrons. The normalized spacial score (nSPS) is 10.9. The minimum atomic E-state index is 0.587. The molecular weight excluding hydrogens is 208 g/mol. The molecule has 0 aliphatic carbocycles. The lowest BCUT2D eigenvalue weighted by Crippen LogP contribution is -1.93. The Morgan fingerprint density at radius 1 is 1.33 bits per heavy atom. The van der Waals surface area contributed by atoms with Crippen molar-refractivity contribution in [1.29, 1.82) is 0 Å². The second-order valence-electron chi connectivity index (χ2n) is 3.20. The van der Waals surface area contributed by atoms with E-state index in [9.17, 15) is 0 Å². The molecular formula is C10H8N4S. The number of nitrogen functional groups attached to an aromatic ring is 1. The molecule has 3 aromatic rings. The van der Waals surface area contributed by atoms with Gasteiger partial charge in [-0.25, -0.2) is 4.68 Å². The fourth-order valence-electron chi connectivity index (χ4n) is 1.51. The first kappa shape index (κ1) is 8.43. The van der Waals surface area contributed by atoms with Gasteiger partial charge in [0.1, 0.15) is 5.82 Å². The van der Waals surface area contributed by atoms with Crippen molar-refractivity contribution in [3.63, 3.8) is 0 Å². The highest BCUT2D eigenvalue weighted by atomic mass is 32.1. The molecule has 0 aliphatic heterocycles. The molecule has 2 heterocycles. The molecule has 0 aliphatic rings. The van der Waals surface area contributed by atoms with Crippen LogP contribution in [0.2, 0.25) is 0 Å². The van der Waals surface area contributed by atoms with Crippen molar-refractivity contribution in [2.75, 3.05) is 5.73 Å². The summed E-state index contributed by atoms with van der Waals surface area (Å²) in [5, 5.41) is 5.16. The average Bonchev–Trinajstić information content (AvgIpc) is 2.88. The third kappa shape index (κ3) is 1.28. The zero-order valence-electron chi connectivity index (χ0n) is 7.79. The SMILES string of the molecule is Nc1nsc2ccc(-n3cccn3)cc12. The van der Waals surface area contributed by atoms with Gasteiger partial charge in [-0.15, -0.1) is 0 Å². The molecule has 0 saturated carbocycles. The number of hydrogen-bond donors (Lipinski definition) is 1. The molecule has 0 amide bonds. The lowest BCUT2D eigenvalue weighted by molar-refractivity contribution is 0.882. The molecule has 1 aromatic carbocycles. The molecule has 4 nitrogen and oxygen atoms in total. The number of fused-ring (bicyclic) bond motifs is 1. The van der Waals surface area contributed by atoms with E-state index in [1.54, 1.807) is 10.9 Å². The summed E-state index contributed by atoms with van der Waals surface area (Å²) in [5.41, 5.74) is 6.77. The summed E-state index contributed by atoms with van der Waals surface area (Å²) >= 11 is 1.42. The maximum Gasteiger partial charge on any atom is 0.145 e. The topological polar surface area (TPSA) is 56.7 Å². The Hall–Kier alpha value is -1.88. The van der Waals surface area contributed by atoms with Crippen LogP contribution in [0, 0.1) is 0 Å². The van der Waals surface area contributed by atoms with E-state index in [-0.39, 0.29) is 0 Å². The number of anilines is 1. The van der Waals surface area contributed by atoms with Crippen molar-refractivity contribution in [1.82, 2.24) is 14.2 Å². The maximum absolute atomic E-state index is 5.77. The first-order valence-electron chi connectivity index (χ1n) is 4.49. The van der Waals surface area contributed by atoms with Crippen molar-refractivity contribution in [3.05, 3.63) is 36.7 Å². The molecule has 74 valence electrons. The van der Waals surface area contributed by atoms with Crippen LogP contribution in [0.25, 0.3) is 15.8 Å². The van der Waals surface area contributed by atoms with Gasteiger partial charge in [-0.2, -0.15) is 9.47 Å². The van der Waals surface area contributed by atoms with Gasteiger partial charge in [0.15, 0.2) is 0 Å². The average molecular weight is 216 g/mol. The zero-order valence-corrected chi connectivity index (χ0v) is 8.61. The molecule has 3 rings (SSSR count). The summed E-state index contributed by atoms with van der Waals surface area (Å²) in [7, 11) is 0. The second kappa shape index (κ2) is 3.06. The van der Waals surface area contributed by atoms with Gasteiger partial charge >= 0.3 is 0 Å². The van der Waals surface area contributed by atoms with Gasteiger partial charge in [-0.05, 0) is 35.8 Å². The Labute approximate surface area is 90.1 Å². The quantitative estimate of drug-likeness (QED) is 0.677. The highest BCUT2D eigenvalue weighted by Crippen LogP contribution is 2.26. The largest absolute Gasteiger partial charge is 0.382 e. The number of aromatic nitrogens is 3. The fraction of sp³-hybridized carbons (Fsp3) is 0. The first-order chi connectivity index (χ1) is 7.34. The third-order valence-electron chi connectivity index (χ3n) is 2.25.